The number of rotatable bonds is 4. The fraction of sp³-hybridized carbons (Fsp3) is 0.214. The molecule has 0 spiro atoms. The van der Waals surface area contributed by atoms with E-state index in [2.05, 4.69) is 9.47 Å². The van der Waals surface area contributed by atoms with Crippen molar-refractivity contribution in [1.82, 2.24) is 0 Å². The van der Waals surface area contributed by atoms with Crippen molar-refractivity contribution in [1.29, 1.82) is 0 Å². The zero-order valence-electron chi connectivity index (χ0n) is 10.9. The molecule has 0 saturated carbocycles. The van der Waals surface area contributed by atoms with Gasteiger partial charge in [-0.1, -0.05) is 29.8 Å². The highest BCUT2D eigenvalue weighted by molar-refractivity contribution is 6.47. The Morgan fingerprint density at radius 3 is 1.95 bits per heavy atom. The van der Waals surface area contributed by atoms with Crippen LogP contribution in [0.15, 0.2) is 29.8 Å². The second kappa shape index (κ2) is 6.49. The van der Waals surface area contributed by atoms with Crippen molar-refractivity contribution in [2.24, 2.45) is 0 Å². The number of Topliss-reactive ketones (excluding diaryl/α,β-unsaturated/α-hetero) is 1. The van der Waals surface area contributed by atoms with Crippen LogP contribution in [0, 0.1) is 6.92 Å². The minimum Gasteiger partial charge on any atom is -0.465 e. The molecule has 5 heteroatoms. The van der Waals surface area contributed by atoms with Crippen molar-refractivity contribution < 1.29 is 23.9 Å². The summed E-state index contributed by atoms with van der Waals surface area (Å²) in [4.78, 5) is 34.4. The Balaban J connectivity index is 3.17. The van der Waals surface area contributed by atoms with Gasteiger partial charge in [0.25, 0.3) is 5.78 Å². The first-order chi connectivity index (χ1) is 8.99. The summed E-state index contributed by atoms with van der Waals surface area (Å²) in [6.45, 7) is 1.91. The fourth-order valence-corrected chi connectivity index (χ4v) is 1.36. The summed E-state index contributed by atoms with van der Waals surface area (Å²) in [7, 11) is 2.21. The average Bonchev–Trinajstić information content (AvgIpc) is 2.44. The lowest BCUT2D eigenvalue weighted by molar-refractivity contribution is -0.151. The van der Waals surface area contributed by atoms with Crippen molar-refractivity contribution in [3.05, 3.63) is 41.0 Å². The molecule has 1 aromatic rings. The molecule has 19 heavy (non-hydrogen) atoms. The normalized spacial score (nSPS) is 10.8. The van der Waals surface area contributed by atoms with Crippen molar-refractivity contribution in [2.45, 2.75) is 6.92 Å². The molecule has 0 unspecified atom stereocenters. The number of esters is 2. The van der Waals surface area contributed by atoms with Gasteiger partial charge in [0.05, 0.1) is 14.2 Å². The third kappa shape index (κ3) is 3.77. The third-order valence-electron chi connectivity index (χ3n) is 2.41. The molecular weight excluding hydrogens is 248 g/mol. The third-order valence-corrected chi connectivity index (χ3v) is 2.41. The second-order valence-electron chi connectivity index (χ2n) is 3.78. The number of carbonyl (C=O) groups is 3. The molecule has 0 amide bonds. The molecule has 0 aromatic heterocycles. The van der Waals surface area contributed by atoms with E-state index in [0.717, 1.165) is 19.8 Å². The van der Waals surface area contributed by atoms with Gasteiger partial charge < -0.3 is 9.47 Å². The number of aryl methyl sites for hydroxylation is 1. The Morgan fingerprint density at radius 2 is 1.47 bits per heavy atom. The highest BCUT2D eigenvalue weighted by Crippen LogP contribution is 2.11. The summed E-state index contributed by atoms with van der Waals surface area (Å²) >= 11 is 0. The van der Waals surface area contributed by atoms with E-state index in [4.69, 9.17) is 0 Å². The number of benzene rings is 1. The second-order valence-corrected chi connectivity index (χ2v) is 3.78. The van der Waals surface area contributed by atoms with E-state index in [0.29, 0.717) is 5.56 Å². The standard InChI is InChI=1S/C14H14O5/c1-9-4-6-10(7-5-9)8-11(13(16)18-2)12(15)14(17)19-3/h4-8H,1-3H3/b11-8+. The first-order valence-corrected chi connectivity index (χ1v) is 5.49. The Morgan fingerprint density at radius 1 is 0.947 bits per heavy atom. The first-order valence-electron chi connectivity index (χ1n) is 5.49. The summed E-state index contributed by atoms with van der Waals surface area (Å²) in [6.07, 6.45) is 1.30. The van der Waals surface area contributed by atoms with Gasteiger partial charge in [0.2, 0.25) is 0 Å². The van der Waals surface area contributed by atoms with Gasteiger partial charge in [-0.15, -0.1) is 0 Å². The zero-order valence-corrected chi connectivity index (χ0v) is 10.9. The molecule has 0 aliphatic heterocycles. The maximum atomic E-state index is 11.7. The van der Waals surface area contributed by atoms with E-state index in [1.165, 1.54) is 6.08 Å². The smallest absolute Gasteiger partial charge is 0.379 e. The van der Waals surface area contributed by atoms with Crippen LogP contribution in [-0.2, 0) is 23.9 Å². The number of hydrogen-bond donors (Lipinski definition) is 0. The number of ether oxygens (including phenoxy) is 2. The van der Waals surface area contributed by atoms with Crippen LogP contribution in [0.1, 0.15) is 11.1 Å². The van der Waals surface area contributed by atoms with Crippen LogP contribution in [0.25, 0.3) is 6.08 Å². The number of methoxy groups -OCH3 is 2. The Bertz CT molecular complexity index is 525. The summed E-state index contributed by atoms with van der Waals surface area (Å²) in [5.74, 6) is -3.02. The van der Waals surface area contributed by atoms with E-state index in [1.54, 1.807) is 12.1 Å². The molecule has 0 N–H and O–H groups in total. The zero-order chi connectivity index (χ0) is 14.4. The van der Waals surface area contributed by atoms with E-state index in [-0.39, 0.29) is 5.57 Å². The molecule has 1 aromatic carbocycles. The summed E-state index contributed by atoms with van der Waals surface area (Å²) < 4.78 is 8.80. The van der Waals surface area contributed by atoms with Gasteiger partial charge in [-0.3, -0.25) is 4.79 Å². The van der Waals surface area contributed by atoms with Gasteiger partial charge in [0, 0.05) is 0 Å². The monoisotopic (exact) mass is 262 g/mol. The lowest BCUT2D eigenvalue weighted by Crippen LogP contribution is -2.23. The lowest BCUT2D eigenvalue weighted by atomic mass is 10.1. The van der Waals surface area contributed by atoms with Crippen LogP contribution in [0.2, 0.25) is 0 Å². The topological polar surface area (TPSA) is 69.7 Å². The molecule has 0 radical (unpaired) electrons. The highest BCUT2D eigenvalue weighted by atomic mass is 16.5. The van der Waals surface area contributed by atoms with Crippen molar-refractivity contribution in [3.63, 3.8) is 0 Å². The number of ketones is 1. The Kier molecular flexibility index (Phi) is 5.00. The molecule has 0 bridgehead atoms. The minimum absolute atomic E-state index is 0.363. The molecular formula is C14H14O5. The van der Waals surface area contributed by atoms with Crippen LogP contribution in [0.4, 0.5) is 0 Å². The molecule has 5 nitrogen and oxygen atoms in total. The van der Waals surface area contributed by atoms with Gasteiger partial charge >= 0.3 is 11.9 Å². The molecule has 1 rings (SSSR count). The van der Waals surface area contributed by atoms with Crippen molar-refractivity contribution in [3.8, 4) is 0 Å². The predicted octanol–water partition coefficient (Wildman–Crippen LogP) is 1.29. The van der Waals surface area contributed by atoms with E-state index >= 15 is 0 Å². The van der Waals surface area contributed by atoms with Crippen LogP contribution < -0.4 is 0 Å². The predicted molar refractivity (Wildman–Crippen MR) is 68.2 cm³/mol. The summed E-state index contributed by atoms with van der Waals surface area (Å²) in [5.41, 5.74) is 1.29. The molecule has 0 fully saturated rings. The van der Waals surface area contributed by atoms with Gasteiger partial charge in [0.15, 0.2) is 0 Å². The highest BCUT2D eigenvalue weighted by Gasteiger charge is 2.26. The average molecular weight is 262 g/mol. The van der Waals surface area contributed by atoms with Crippen LogP contribution in [0.3, 0.4) is 0 Å². The molecule has 0 aliphatic carbocycles. The molecule has 100 valence electrons. The van der Waals surface area contributed by atoms with Gasteiger partial charge in [-0.25, -0.2) is 9.59 Å². The van der Waals surface area contributed by atoms with Crippen molar-refractivity contribution in [2.75, 3.05) is 14.2 Å². The Hall–Kier alpha value is -2.43. The van der Waals surface area contributed by atoms with Crippen molar-refractivity contribution >= 4 is 23.8 Å². The minimum atomic E-state index is -1.11. The SMILES string of the molecule is COC(=O)C(=O)/C(=C\c1ccc(C)cc1)C(=O)OC. The maximum Gasteiger partial charge on any atom is 0.379 e. The van der Waals surface area contributed by atoms with Crippen LogP contribution >= 0.6 is 0 Å². The van der Waals surface area contributed by atoms with E-state index < -0.39 is 17.7 Å². The number of hydrogen-bond acceptors (Lipinski definition) is 5. The van der Waals surface area contributed by atoms with E-state index in [9.17, 15) is 14.4 Å². The first kappa shape index (κ1) is 14.6. The maximum absolute atomic E-state index is 11.7. The molecule has 0 atom stereocenters. The lowest BCUT2D eigenvalue weighted by Gasteiger charge is -2.03. The van der Waals surface area contributed by atoms with Gasteiger partial charge in [-0.05, 0) is 18.6 Å². The van der Waals surface area contributed by atoms with Crippen LogP contribution in [-0.4, -0.2) is 31.9 Å². The largest absolute Gasteiger partial charge is 0.465 e. The van der Waals surface area contributed by atoms with Gasteiger partial charge in [-0.2, -0.15) is 0 Å². The molecule has 0 saturated heterocycles. The summed E-state index contributed by atoms with van der Waals surface area (Å²) in [5, 5.41) is 0. The fourth-order valence-electron chi connectivity index (χ4n) is 1.36. The Labute approximate surface area is 110 Å². The number of carbonyl (C=O) groups excluding carboxylic acids is 3. The molecule has 0 heterocycles. The summed E-state index contributed by atoms with van der Waals surface area (Å²) in [6, 6.07) is 7.10. The van der Waals surface area contributed by atoms with Crippen LogP contribution in [0.5, 0.6) is 0 Å². The quantitative estimate of drug-likeness (QED) is 0.269. The van der Waals surface area contributed by atoms with E-state index in [1.807, 2.05) is 19.1 Å². The molecule has 0 aliphatic rings. The van der Waals surface area contributed by atoms with Gasteiger partial charge in [0.1, 0.15) is 5.57 Å².